The average molecular weight is 274 g/mol. The van der Waals surface area contributed by atoms with Gasteiger partial charge in [0.1, 0.15) is 6.54 Å². The predicted octanol–water partition coefficient (Wildman–Crippen LogP) is 0.697. The smallest absolute Gasteiger partial charge is 0.325 e. The molecular weight excluding hydrogens is 252 g/mol. The topological polar surface area (TPSA) is 58.6 Å². The quantitative estimate of drug-likeness (QED) is 0.722. The largest absolute Gasteiger partial charge is 0.465 e. The van der Waals surface area contributed by atoms with E-state index in [-0.39, 0.29) is 24.5 Å². The summed E-state index contributed by atoms with van der Waals surface area (Å²) in [6.07, 6.45) is 0. The van der Waals surface area contributed by atoms with E-state index < -0.39 is 0 Å². The minimum absolute atomic E-state index is 0.00162. The molecule has 5 nitrogen and oxygen atoms in total. The monoisotopic (exact) mass is 274 g/mol. The molecule has 1 amide bonds. The van der Waals surface area contributed by atoms with Gasteiger partial charge in [-0.25, -0.2) is 0 Å². The summed E-state index contributed by atoms with van der Waals surface area (Å²) in [5, 5.41) is 3.13. The first kappa shape index (κ1) is 15.3. The third kappa shape index (κ3) is 4.86. The van der Waals surface area contributed by atoms with E-state index in [0.29, 0.717) is 19.1 Å². The summed E-state index contributed by atoms with van der Waals surface area (Å²) in [6, 6.07) is -0.164. The van der Waals surface area contributed by atoms with Gasteiger partial charge in [0.05, 0.1) is 12.6 Å². The second-order valence-electron chi connectivity index (χ2n) is 4.69. The lowest BCUT2D eigenvalue weighted by Gasteiger charge is -2.26. The Labute approximate surface area is 113 Å². The first-order valence-corrected chi connectivity index (χ1v) is 7.45. The number of carbonyl (C=O) groups excluding carboxylic acids is 2. The molecule has 0 bridgehead atoms. The maximum Gasteiger partial charge on any atom is 0.325 e. The van der Waals surface area contributed by atoms with Gasteiger partial charge in [0.15, 0.2) is 0 Å². The second-order valence-corrected chi connectivity index (χ2v) is 5.72. The van der Waals surface area contributed by atoms with Crippen molar-refractivity contribution < 1.29 is 14.3 Å². The highest BCUT2D eigenvalue weighted by molar-refractivity contribution is 7.99. The molecule has 0 spiro atoms. The Kier molecular flexibility index (Phi) is 6.49. The van der Waals surface area contributed by atoms with Crippen LogP contribution < -0.4 is 5.32 Å². The Morgan fingerprint density at radius 3 is 2.72 bits per heavy atom. The molecular formula is C12H22N2O3S. The lowest BCUT2D eigenvalue weighted by Crippen LogP contribution is -2.48. The maximum atomic E-state index is 12.3. The van der Waals surface area contributed by atoms with Crippen LogP contribution in [-0.4, -0.2) is 54.1 Å². The number of rotatable bonds is 6. The van der Waals surface area contributed by atoms with Crippen molar-refractivity contribution in [2.75, 3.05) is 31.3 Å². The van der Waals surface area contributed by atoms with Gasteiger partial charge in [0.2, 0.25) is 5.91 Å². The molecule has 6 heteroatoms. The molecule has 104 valence electrons. The van der Waals surface area contributed by atoms with Crippen molar-refractivity contribution in [3.63, 3.8) is 0 Å². The third-order valence-electron chi connectivity index (χ3n) is 2.54. The molecule has 18 heavy (non-hydrogen) atoms. The number of thioether (sulfide) groups is 1. The lowest BCUT2D eigenvalue weighted by molar-refractivity contribution is -0.149. The first-order valence-electron chi connectivity index (χ1n) is 6.30. The fourth-order valence-electron chi connectivity index (χ4n) is 1.81. The second kappa shape index (κ2) is 7.63. The molecule has 0 aromatic rings. The minimum Gasteiger partial charge on any atom is -0.465 e. The molecule has 0 aromatic heterocycles. The fourth-order valence-corrected chi connectivity index (χ4v) is 2.74. The van der Waals surface area contributed by atoms with Crippen LogP contribution in [0.15, 0.2) is 0 Å². The Morgan fingerprint density at radius 1 is 1.50 bits per heavy atom. The van der Waals surface area contributed by atoms with E-state index in [4.69, 9.17) is 4.74 Å². The number of hydrogen-bond acceptors (Lipinski definition) is 5. The highest BCUT2D eigenvalue weighted by Gasteiger charge is 2.29. The predicted molar refractivity (Wildman–Crippen MR) is 72.3 cm³/mol. The van der Waals surface area contributed by atoms with Gasteiger partial charge in [-0.05, 0) is 12.8 Å². The van der Waals surface area contributed by atoms with Crippen LogP contribution in [-0.2, 0) is 14.3 Å². The zero-order valence-corrected chi connectivity index (χ0v) is 12.1. The lowest BCUT2D eigenvalue weighted by atomic mass is 10.2. The molecule has 0 aromatic carbocycles. The van der Waals surface area contributed by atoms with Crippen LogP contribution in [0.3, 0.4) is 0 Å². The molecule has 0 aliphatic carbocycles. The normalized spacial score (nSPS) is 19.0. The summed E-state index contributed by atoms with van der Waals surface area (Å²) in [6.45, 7) is 6.81. The van der Waals surface area contributed by atoms with Gasteiger partial charge < -0.3 is 9.64 Å². The third-order valence-corrected chi connectivity index (χ3v) is 3.48. The zero-order chi connectivity index (χ0) is 13.5. The Balaban J connectivity index is 2.58. The van der Waals surface area contributed by atoms with Crippen molar-refractivity contribution in [3.05, 3.63) is 0 Å². The molecule has 0 radical (unpaired) electrons. The van der Waals surface area contributed by atoms with Crippen LogP contribution >= 0.6 is 11.8 Å². The summed E-state index contributed by atoms with van der Waals surface area (Å²) in [4.78, 5) is 25.4. The number of carbonyl (C=O) groups is 2. The molecule has 1 aliphatic rings. The Bertz CT molecular complexity index is 291. The van der Waals surface area contributed by atoms with E-state index in [1.54, 1.807) is 23.6 Å². The summed E-state index contributed by atoms with van der Waals surface area (Å²) in [7, 11) is 0. The number of esters is 1. The van der Waals surface area contributed by atoms with Crippen molar-refractivity contribution in [1.82, 2.24) is 10.2 Å². The van der Waals surface area contributed by atoms with Gasteiger partial charge in [-0.2, -0.15) is 0 Å². The molecule has 1 saturated heterocycles. The van der Waals surface area contributed by atoms with Gasteiger partial charge >= 0.3 is 5.97 Å². The number of ether oxygens (including phenoxy) is 1. The van der Waals surface area contributed by atoms with Crippen LogP contribution in [0.1, 0.15) is 20.8 Å². The number of hydrogen-bond donors (Lipinski definition) is 1. The van der Waals surface area contributed by atoms with E-state index in [9.17, 15) is 9.59 Å². The van der Waals surface area contributed by atoms with Gasteiger partial charge in [-0.1, -0.05) is 13.8 Å². The molecule has 1 aliphatic heterocycles. The highest BCUT2D eigenvalue weighted by Crippen LogP contribution is 2.13. The zero-order valence-electron chi connectivity index (χ0n) is 11.3. The van der Waals surface area contributed by atoms with Crippen molar-refractivity contribution in [2.24, 2.45) is 5.92 Å². The van der Waals surface area contributed by atoms with Crippen LogP contribution in [0.25, 0.3) is 0 Å². The standard InChI is InChI=1S/C12H22N2O3S/c1-4-17-11(15)6-14(5-9(2)3)12(16)10-7-18-8-13-10/h9-10,13H,4-8H2,1-3H3. The van der Waals surface area contributed by atoms with Crippen LogP contribution in [0.2, 0.25) is 0 Å². The van der Waals surface area contributed by atoms with E-state index >= 15 is 0 Å². The number of nitrogens with one attached hydrogen (secondary N) is 1. The molecule has 1 fully saturated rings. The maximum absolute atomic E-state index is 12.3. The van der Waals surface area contributed by atoms with E-state index in [2.05, 4.69) is 5.32 Å². The Hall–Kier alpha value is -0.750. The molecule has 1 N–H and O–H groups in total. The van der Waals surface area contributed by atoms with Crippen LogP contribution in [0.4, 0.5) is 0 Å². The van der Waals surface area contributed by atoms with Gasteiger partial charge in [-0.3, -0.25) is 14.9 Å². The van der Waals surface area contributed by atoms with Crippen molar-refractivity contribution in [2.45, 2.75) is 26.8 Å². The van der Waals surface area contributed by atoms with E-state index in [1.807, 2.05) is 13.8 Å². The summed E-state index contributed by atoms with van der Waals surface area (Å²) in [5.41, 5.74) is 0. The SMILES string of the molecule is CCOC(=O)CN(CC(C)C)C(=O)C1CSCN1. The van der Waals surface area contributed by atoms with Gasteiger partial charge in [0, 0.05) is 18.2 Å². The number of amides is 1. The van der Waals surface area contributed by atoms with Crippen molar-refractivity contribution in [1.29, 1.82) is 0 Å². The van der Waals surface area contributed by atoms with Crippen LogP contribution in [0.5, 0.6) is 0 Å². The van der Waals surface area contributed by atoms with E-state index in [0.717, 1.165) is 11.6 Å². The fraction of sp³-hybridized carbons (Fsp3) is 0.833. The highest BCUT2D eigenvalue weighted by atomic mass is 32.2. The molecule has 1 unspecified atom stereocenters. The van der Waals surface area contributed by atoms with Gasteiger partial charge in [0.25, 0.3) is 0 Å². The van der Waals surface area contributed by atoms with E-state index in [1.165, 1.54) is 0 Å². The van der Waals surface area contributed by atoms with Gasteiger partial charge in [-0.15, -0.1) is 11.8 Å². The number of nitrogens with zero attached hydrogens (tertiary/aromatic N) is 1. The molecule has 1 heterocycles. The molecule has 1 rings (SSSR count). The van der Waals surface area contributed by atoms with Crippen molar-refractivity contribution in [3.8, 4) is 0 Å². The summed E-state index contributed by atoms with van der Waals surface area (Å²) in [5.74, 6) is 1.57. The molecule has 1 atom stereocenters. The Morgan fingerprint density at radius 2 is 2.22 bits per heavy atom. The minimum atomic E-state index is -0.336. The summed E-state index contributed by atoms with van der Waals surface area (Å²) >= 11 is 1.70. The van der Waals surface area contributed by atoms with Crippen molar-refractivity contribution >= 4 is 23.6 Å². The van der Waals surface area contributed by atoms with Crippen LogP contribution in [0, 0.1) is 5.92 Å². The molecule has 0 saturated carbocycles. The average Bonchev–Trinajstić information content (AvgIpc) is 2.80. The first-order chi connectivity index (χ1) is 8.54. The summed E-state index contributed by atoms with van der Waals surface area (Å²) < 4.78 is 4.91.